The van der Waals surface area contributed by atoms with Gasteiger partial charge in [-0.3, -0.25) is 4.79 Å². The second-order valence-electron chi connectivity index (χ2n) is 6.00. The number of pyridine rings is 1. The third-order valence-corrected chi connectivity index (χ3v) is 4.03. The Morgan fingerprint density at radius 3 is 2.83 bits per heavy atom. The van der Waals surface area contributed by atoms with Gasteiger partial charge in [0, 0.05) is 36.2 Å². The highest BCUT2D eigenvalue weighted by Crippen LogP contribution is 2.28. The van der Waals surface area contributed by atoms with Crippen molar-refractivity contribution < 1.29 is 4.74 Å². The van der Waals surface area contributed by atoms with Gasteiger partial charge in [-0.2, -0.15) is 0 Å². The van der Waals surface area contributed by atoms with Gasteiger partial charge in [0.2, 0.25) is 0 Å². The molecular weight excluding hydrogens is 292 g/mol. The van der Waals surface area contributed by atoms with Crippen molar-refractivity contribution in [2.75, 3.05) is 25.1 Å². The molecule has 0 radical (unpaired) electrons. The lowest BCUT2D eigenvalue weighted by Crippen LogP contribution is -2.14. The highest BCUT2D eigenvalue weighted by Gasteiger charge is 2.20. The van der Waals surface area contributed by atoms with Crippen LogP contribution in [0.25, 0.3) is 11.4 Å². The number of H-pyrrole nitrogens is 1. The predicted octanol–water partition coefficient (Wildman–Crippen LogP) is 2.29. The van der Waals surface area contributed by atoms with Gasteiger partial charge in [-0.1, -0.05) is 0 Å². The maximum atomic E-state index is 11.8. The summed E-state index contributed by atoms with van der Waals surface area (Å²) in [4.78, 5) is 23.4. The van der Waals surface area contributed by atoms with Gasteiger partial charge in [-0.25, -0.2) is 9.97 Å². The SMILES string of the molecule is Cc1nc(-c2ccc(NCCOCC3CC3)nc2)[nH]c(=O)c1C. The fourth-order valence-corrected chi connectivity index (χ4v) is 2.21. The fourth-order valence-electron chi connectivity index (χ4n) is 2.21. The summed E-state index contributed by atoms with van der Waals surface area (Å²) < 4.78 is 5.57. The molecule has 0 atom stereocenters. The molecule has 23 heavy (non-hydrogen) atoms. The van der Waals surface area contributed by atoms with Crippen LogP contribution in [0.15, 0.2) is 23.1 Å². The molecule has 0 amide bonds. The Hall–Kier alpha value is -2.21. The molecule has 0 spiro atoms. The molecule has 2 aromatic rings. The molecule has 0 saturated heterocycles. The van der Waals surface area contributed by atoms with Crippen molar-refractivity contribution >= 4 is 5.82 Å². The average Bonchev–Trinajstić information content (AvgIpc) is 3.37. The molecule has 1 saturated carbocycles. The zero-order valence-electron chi connectivity index (χ0n) is 13.6. The van der Waals surface area contributed by atoms with Crippen molar-refractivity contribution in [2.24, 2.45) is 5.92 Å². The summed E-state index contributed by atoms with van der Waals surface area (Å²) >= 11 is 0. The van der Waals surface area contributed by atoms with Crippen molar-refractivity contribution in [3.8, 4) is 11.4 Å². The van der Waals surface area contributed by atoms with E-state index in [0.29, 0.717) is 18.0 Å². The topological polar surface area (TPSA) is 79.9 Å². The van der Waals surface area contributed by atoms with Crippen molar-refractivity contribution in [1.29, 1.82) is 0 Å². The van der Waals surface area contributed by atoms with E-state index in [0.717, 1.165) is 36.1 Å². The first-order valence-corrected chi connectivity index (χ1v) is 7.99. The second kappa shape index (κ2) is 6.91. The number of aromatic amines is 1. The predicted molar refractivity (Wildman–Crippen MR) is 89.6 cm³/mol. The van der Waals surface area contributed by atoms with Gasteiger partial charge in [-0.15, -0.1) is 0 Å². The van der Waals surface area contributed by atoms with Crippen molar-refractivity contribution in [3.05, 3.63) is 39.9 Å². The fraction of sp³-hybridized carbons (Fsp3) is 0.471. The third kappa shape index (κ3) is 4.16. The van der Waals surface area contributed by atoms with Crippen LogP contribution in [0.3, 0.4) is 0 Å². The van der Waals surface area contributed by atoms with Crippen LogP contribution in [0.4, 0.5) is 5.82 Å². The molecule has 0 aromatic carbocycles. The Morgan fingerprint density at radius 2 is 2.17 bits per heavy atom. The lowest BCUT2D eigenvalue weighted by Gasteiger charge is -2.08. The molecule has 0 unspecified atom stereocenters. The number of aromatic nitrogens is 3. The maximum Gasteiger partial charge on any atom is 0.254 e. The van der Waals surface area contributed by atoms with Gasteiger partial charge in [0.1, 0.15) is 11.6 Å². The Labute approximate surface area is 135 Å². The van der Waals surface area contributed by atoms with Gasteiger partial charge >= 0.3 is 0 Å². The molecule has 1 aliphatic rings. The molecule has 6 heteroatoms. The minimum absolute atomic E-state index is 0.109. The maximum absolute atomic E-state index is 11.8. The molecule has 122 valence electrons. The van der Waals surface area contributed by atoms with Crippen LogP contribution in [-0.4, -0.2) is 34.7 Å². The smallest absolute Gasteiger partial charge is 0.254 e. The first-order chi connectivity index (χ1) is 11.1. The van der Waals surface area contributed by atoms with Crippen LogP contribution in [0.2, 0.25) is 0 Å². The van der Waals surface area contributed by atoms with Gasteiger partial charge in [0.05, 0.1) is 6.61 Å². The summed E-state index contributed by atoms with van der Waals surface area (Å²) in [7, 11) is 0. The molecule has 2 aromatic heterocycles. The van der Waals surface area contributed by atoms with Crippen LogP contribution in [0, 0.1) is 19.8 Å². The Morgan fingerprint density at radius 1 is 1.35 bits per heavy atom. The number of rotatable bonds is 7. The molecule has 6 nitrogen and oxygen atoms in total. The summed E-state index contributed by atoms with van der Waals surface area (Å²) in [5.74, 6) is 2.12. The monoisotopic (exact) mass is 314 g/mol. The van der Waals surface area contributed by atoms with Crippen LogP contribution in [0.1, 0.15) is 24.1 Å². The Kier molecular flexibility index (Phi) is 4.71. The number of hydrogen-bond donors (Lipinski definition) is 2. The molecular formula is C17H22N4O2. The van der Waals surface area contributed by atoms with E-state index in [-0.39, 0.29) is 5.56 Å². The van der Waals surface area contributed by atoms with E-state index in [1.807, 2.05) is 19.1 Å². The van der Waals surface area contributed by atoms with E-state index in [1.54, 1.807) is 13.1 Å². The lowest BCUT2D eigenvalue weighted by atomic mass is 10.2. The van der Waals surface area contributed by atoms with Crippen molar-refractivity contribution in [3.63, 3.8) is 0 Å². The molecule has 0 bridgehead atoms. The second-order valence-corrected chi connectivity index (χ2v) is 6.00. The van der Waals surface area contributed by atoms with E-state index >= 15 is 0 Å². The standard InChI is InChI=1S/C17H22N4O2/c1-11-12(2)20-16(21-17(11)22)14-5-6-15(19-9-14)18-7-8-23-10-13-3-4-13/h5-6,9,13H,3-4,7-8,10H2,1-2H3,(H,18,19)(H,20,21,22). The van der Waals surface area contributed by atoms with Gasteiger partial charge in [-0.05, 0) is 44.7 Å². The van der Waals surface area contributed by atoms with E-state index in [9.17, 15) is 4.79 Å². The van der Waals surface area contributed by atoms with Crippen molar-refractivity contribution in [1.82, 2.24) is 15.0 Å². The van der Waals surface area contributed by atoms with E-state index < -0.39 is 0 Å². The zero-order chi connectivity index (χ0) is 16.2. The first kappa shape index (κ1) is 15.7. The lowest BCUT2D eigenvalue weighted by molar-refractivity contribution is 0.134. The highest BCUT2D eigenvalue weighted by atomic mass is 16.5. The van der Waals surface area contributed by atoms with Gasteiger partial charge in [0.15, 0.2) is 0 Å². The number of hydrogen-bond acceptors (Lipinski definition) is 5. The largest absolute Gasteiger partial charge is 0.379 e. The normalized spacial score (nSPS) is 14.0. The molecule has 1 aliphatic carbocycles. The third-order valence-electron chi connectivity index (χ3n) is 4.03. The van der Waals surface area contributed by atoms with E-state index in [2.05, 4.69) is 20.3 Å². The summed E-state index contributed by atoms with van der Waals surface area (Å²) in [6, 6.07) is 3.78. The highest BCUT2D eigenvalue weighted by molar-refractivity contribution is 5.56. The first-order valence-electron chi connectivity index (χ1n) is 7.99. The number of nitrogens with zero attached hydrogens (tertiary/aromatic N) is 2. The van der Waals surface area contributed by atoms with E-state index in [1.165, 1.54) is 12.8 Å². The number of nitrogens with one attached hydrogen (secondary N) is 2. The Bertz CT molecular complexity index is 720. The minimum Gasteiger partial charge on any atom is -0.379 e. The number of aryl methyl sites for hydroxylation is 1. The summed E-state index contributed by atoms with van der Waals surface area (Å²) in [5, 5.41) is 3.22. The zero-order valence-corrected chi connectivity index (χ0v) is 13.6. The average molecular weight is 314 g/mol. The van der Waals surface area contributed by atoms with Crippen LogP contribution in [0.5, 0.6) is 0 Å². The minimum atomic E-state index is -0.109. The van der Waals surface area contributed by atoms with Gasteiger partial charge < -0.3 is 15.0 Å². The van der Waals surface area contributed by atoms with Gasteiger partial charge in [0.25, 0.3) is 5.56 Å². The molecule has 2 N–H and O–H groups in total. The summed E-state index contributed by atoms with van der Waals surface area (Å²) in [5.41, 5.74) is 2.06. The summed E-state index contributed by atoms with van der Waals surface area (Å²) in [6.07, 6.45) is 4.33. The van der Waals surface area contributed by atoms with E-state index in [4.69, 9.17) is 4.74 Å². The Balaban J connectivity index is 1.57. The van der Waals surface area contributed by atoms with Crippen LogP contribution >= 0.6 is 0 Å². The molecule has 1 fully saturated rings. The molecule has 3 rings (SSSR count). The van der Waals surface area contributed by atoms with Crippen LogP contribution < -0.4 is 10.9 Å². The van der Waals surface area contributed by atoms with Crippen molar-refractivity contribution in [2.45, 2.75) is 26.7 Å². The summed E-state index contributed by atoms with van der Waals surface area (Å²) in [6.45, 7) is 5.89. The molecule has 2 heterocycles. The van der Waals surface area contributed by atoms with Crippen LogP contribution in [-0.2, 0) is 4.74 Å². The quantitative estimate of drug-likeness (QED) is 0.767. The molecule has 0 aliphatic heterocycles. The number of ether oxygens (including phenoxy) is 1. The number of anilines is 1.